The Morgan fingerprint density at radius 1 is 1.06 bits per heavy atom. The number of ether oxygens (including phenoxy) is 3. The maximum Gasteiger partial charge on any atom is 0.231 e. The second-order valence-electron chi connectivity index (χ2n) is 8.24. The zero-order valence-electron chi connectivity index (χ0n) is 18.5. The maximum absolute atomic E-state index is 5.48. The topological polar surface area (TPSA) is 98.6 Å². The molecule has 0 atom stereocenters. The molecule has 1 aromatic carbocycles. The number of rotatable bonds is 8. The van der Waals surface area contributed by atoms with Gasteiger partial charge in [-0.2, -0.15) is 9.97 Å². The van der Waals surface area contributed by atoms with Crippen LogP contribution in [-0.2, 0) is 11.3 Å². The van der Waals surface area contributed by atoms with E-state index in [1.54, 1.807) is 0 Å². The van der Waals surface area contributed by atoms with Gasteiger partial charge >= 0.3 is 0 Å². The second-order valence-corrected chi connectivity index (χ2v) is 8.24. The summed E-state index contributed by atoms with van der Waals surface area (Å²) in [4.78, 5) is 16.5. The van der Waals surface area contributed by atoms with Crippen molar-refractivity contribution in [1.82, 2.24) is 24.4 Å². The molecule has 1 saturated heterocycles. The highest BCUT2D eigenvalue weighted by molar-refractivity contribution is 5.84. The molecule has 2 aliphatic heterocycles. The van der Waals surface area contributed by atoms with E-state index in [4.69, 9.17) is 24.2 Å². The second kappa shape index (κ2) is 9.17. The van der Waals surface area contributed by atoms with E-state index in [0.717, 1.165) is 73.4 Å². The Morgan fingerprint density at radius 3 is 2.75 bits per heavy atom. The highest BCUT2D eigenvalue weighted by Gasteiger charge is 2.17. The minimum absolute atomic E-state index is 0.248. The van der Waals surface area contributed by atoms with Gasteiger partial charge in [0.15, 0.2) is 28.5 Å². The Hall–Kier alpha value is -3.11. The zero-order valence-corrected chi connectivity index (χ0v) is 18.5. The lowest BCUT2D eigenvalue weighted by Crippen LogP contribution is -2.39. The molecule has 3 aromatic rings. The van der Waals surface area contributed by atoms with E-state index in [-0.39, 0.29) is 12.8 Å². The summed E-state index contributed by atoms with van der Waals surface area (Å²) in [6.45, 7) is 10.3. The maximum atomic E-state index is 5.48. The largest absolute Gasteiger partial charge is 0.454 e. The number of morpholine rings is 1. The predicted molar refractivity (Wildman–Crippen MR) is 121 cm³/mol. The fourth-order valence-electron chi connectivity index (χ4n) is 3.89. The number of hydrogen-bond donors (Lipinski definition) is 2. The Balaban J connectivity index is 1.33. The van der Waals surface area contributed by atoms with Crippen molar-refractivity contribution in [1.29, 1.82) is 0 Å². The fraction of sp³-hybridized carbons (Fsp3) is 0.500. The fourth-order valence-corrected chi connectivity index (χ4v) is 3.89. The van der Waals surface area contributed by atoms with Crippen LogP contribution in [0.5, 0.6) is 11.5 Å². The summed E-state index contributed by atoms with van der Waals surface area (Å²) in [5.41, 5.74) is 2.67. The van der Waals surface area contributed by atoms with Gasteiger partial charge in [0.2, 0.25) is 12.7 Å². The van der Waals surface area contributed by atoms with Crippen LogP contribution in [0.2, 0.25) is 0 Å². The molecule has 4 heterocycles. The summed E-state index contributed by atoms with van der Waals surface area (Å²) >= 11 is 0. The molecule has 2 N–H and O–H groups in total. The summed E-state index contributed by atoms with van der Waals surface area (Å²) in [5.74, 6) is 2.85. The Kier molecular flexibility index (Phi) is 5.95. The van der Waals surface area contributed by atoms with Crippen molar-refractivity contribution >= 4 is 22.9 Å². The van der Waals surface area contributed by atoms with Crippen LogP contribution in [-0.4, -0.2) is 70.6 Å². The van der Waals surface area contributed by atoms with Crippen LogP contribution < -0.4 is 20.1 Å². The van der Waals surface area contributed by atoms with E-state index < -0.39 is 0 Å². The van der Waals surface area contributed by atoms with Gasteiger partial charge in [-0.05, 0) is 31.5 Å². The minimum atomic E-state index is 0.248. The molecular formula is C22H29N7O3. The van der Waals surface area contributed by atoms with Gasteiger partial charge in [-0.3, -0.25) is 4.90 Å². The molecule has 5 rings (SSSR count). The average molecular weight is 440 g/mol. The van der Waals surface area contributed by atoms with Gasteiger partial charge in [0, 0.05) is 38.8 Å². The lowest BCUT2D eigenvalue weighted by Gasteiger charge is -2.26. The summed E-state index contributed by atoms with van der Waals surface area (Å²) in [5, 5.41) is 6.83. The van der Waals surface area contributed by atoms with E-state index in [9.17, 15) is 0 Å². The van der Waals surface area contributed by atoms with Crippen LogP contribution in [0.3, 0.4) is 0 Å². The van der Waals surface area contributed by atoms with Crippen LogP contribution in [0.4, 0.5) is 11.8 Å². The molecule has 170 valence electrons. The number of imidazole rings is 1. The molecule has 2 aliphatic rings. The first kappa shape index (κ1) is 20.8. The van der Waals surface area contributed by atoms with Crippen LogP contribution in [0.1, 0.15) is 25.5 Å². The Morgan fingerprint density at radius 2 is 1.91 bits per heavy atom. The van der Waals surface area contributed by atoms with Crippen molar-refractivity contribution < 1.29 is 14.2 Å². The number of anilines is 2. The molecule has 0 radical (unpaired) electrons. The lowest BCUT2D eigenvalue weighted by atomic mass is 10.2. The molecule has 0 spiro atoms. The molecule has 0 unspecified atom stereocenters. The standard InChI is InChI=1S/C22H29N7O3/c1-15(2)29-13-25-19-20(23-5-6-28-7-9-30-10-8-28)26-22(27-21(19)29)24-12-16-3-4-17-18(11-16)32-14-31-17/h3-4,11,13,15H,5-10,12,14H2,1-2H3,(H2,23,24,26,27). The summed E-state index contributed by atoms with van der Waals surface area (Å²) < 4.78 is 18.4. The Bertz CT molecular complexity index is 1080. The van der Waals surface area contributed by atoms with E-state index in [1.807, 2.05) is 24.5 Å². The van der Waals surface area contributed by atoms with E-state index in [1.165, 1.54) is 0 Å². The third kappa shape index (κ3) is 4.42. The van der Waals surface area contributed by atoms with Crippen molar-refractivity contribution in [2.24, 2.45) is 0 Å². The number of nitrogens with zero attached hydrogens (tertiary/aromatic N) is 5. The van der Waals surface area contributed by atoms with Gasteiger partial charge < -0.3 is 29.4 Å². The van der Waals surface area contributed by atoms with Crippen molar-refractivity contribution in [3.8, 4) is 11.5 Å². The smallest absolute Gasteiger partial charge is 0.231 e. The molecule has 1 fully saturated rings. The molecule has 10 heteroatoms. The number of fused-ring (bicyclic) bond motifs is 2. The molecule has 0 saturated carbocycles. The third-order valence-corrected chi connectivity index (χ3v) is 5.69. The first-order chi connectivity index (χ1) is 15.7. The SMILES string of the molecule is CC(C)n1cnc2c(NCCN3CCOCC3)nc(NCc3ccc4c(c3)OCO4)nc21. The number of nitrogens with one attached hydrogen (secondary N) is 2. The van der Waals surface area contributed by atoms with Gasteiger partial charge in [0.25, 0.3) is 0 Å². The molecular weight excluding hydrogens is 410 g/mol. The van der Waals surface area contributed by atoms with Gasteiger partial charge in [0.05, 0.1) is 19.5 Å². The highest BCUT2D eigenvalue weighted by Crippen LogP contribution is 2.32. The highest BCUT2D eigenvalue weighted by atomic mass is 16.7. The summed E-state index contributed by atoms with van der Waals surface area (Å²) in [7, 11) is 0. The Labute approximate surface area is 186 Å². The van der Waals surface area contributed by atoms with Gasteiger partial charge in [-0.1, -0.05) is 6.07 Å². The van der Waals surface area contributed by atoms with Crippen molar-refractivity contribution in [2.75, 3.05) is 56.8 Å². The first-order valence-corrected chi connectivity index (χ1v) is 11.1. The average Bonchev–Trinajstić information content (AvgIpc) is 3.45. The monoisotopic (exact) mass is 439 g/mol. The summed E-state index contributed by atoms with van der Waals surface area (Å²) in [6, 6.07) is 6.17. The predicted octanol–water partition coefficient (Wildman–Crippen LogP) is 2.49. The number of aromatic nitrogens is 4. The van der Waals surface area contributed by atoms with E-state index in [0.29, 0.717) is 12.5 Å². The summed E-state index contributed by atoms with van der Waals surface area (Å²) in [6.07, 6.45) is 1.83. The van der Waals surface area contributed by atoms with Crippen LogP contribution in [0, 0.1) is 0 Å². The molecule has 0 amide bonds. The molecule has 0 bridgehead atoms. The molecule has 10 nitrogen and oxygen atoms in total. The van der Waals surface area contributed by atoms with Crippen molar-refractivity contribution in [2.45, 2.75) is 26.4 Å². The number of hydrogen-bond acceptors (Lipinski definition) is 9. The van der Waals surface area contributed by atoms with Gasteiger partial charge in [0.1, 0.15) is 0 Å². The van der Waals surface area contributed by atoms with Crippen LogP contribution >= 0.6 is 0 Å². The molecule has 2 aromatic heterocycles. The van der Waals surface area contributed by atoms with Crippen molar-refractivity contribution in [3.63, 3.8) is 0 Å². The zero-order chi connectivity index (χ0) is 21.9. The van der Waals surface area contributed by atoms with Gasteiger partial charge in [-0.15, -0.1) is 0 Å². The van der Waals surface area contributed by atoms with Crippen LogP contribution in [0.25, 0.3) is 11.2 Å². The third-order valence-electron chi connectivity index (χ3n) is 5.69. The quantitative estimate of drug-likeness (QED) is 0.548. The van der Waals surface area contributed by atoms with Crippen molar-refractivity contribution in [3.05, 3.63) is 30.1 Å². The molecule has 32 heavy (non-hydrogen) atoms. The minimum Gasteiger partial charge on any atom is -0.454 e. The molecule has 0 aliphatic carbocycles. The van der Waals surface area contributed by atoms with E-state index >= 15 is 0 Å². The van der Waals surface area contributed by atoms with Crippen LogP contribution in [0.15, 0.2) is 24.5 Å². The first-order valence-electron chi connectivity index (χ1n) is 11.1. The van der Waals surface area contributed by atoms with E-state index in [2.05, 4.69) is 38.9 Å². The van der Waals surface area contributed by atoms with Gasteiger partial charge in [-0.25, -0.2) is 4.98 Å². The number of benzene rings is 1. The lowest BCUT2D eigenvalue weighted by molar-refractivity contribution is 0.0398. The normalized spacial score (nSPS) is 16.1.